The highest BCUT2D eigenvalue weighted by Gasteiger charge is 2.11. The molecular formula is C9H12ClN3O2. The van der Waals surface area contributed by atoms with Gasteiger partial charge in [-0.2, -0.15) is 0 Å². The number of aromatic nitrogens is 2. The maximum atomic E-state index is 11.5. The average Bonchev–Trinajstić information content (AvgIpc) is 2.22. The highest BCUT2D eigenvalue weighted by Crippen LogP contribution is 2.11. The molecule has 15 heavy (non-hydrogen) atoms. The van der Waals surface area contributed by atoms with Gasteiger partial charge in [-0.15, -0.1) is 0 Å². The lowest BCUT2D eigenvalue weighted by atomic mass is 10.3. The first-order chi connectivity index (χ1) is 7.15. The van der Waals surface area contributed by atoms with Gasteiger partial charge < -0.3 is 10.4 Å². The second-order valence-electron chi connectivity index (χ2n) is 2.95. The van der Waals surface area contributed by atoms with Crippen LogP contribution in [0.4, 0.5) is 0 Å². The fourth-order valence-electron chi connectivity index (χ4n) is 0.979. The number of aryl methyl sites for hydroxylation is 1. The van der Waals surface area contributed by atoms with Crippen molar-refractivity contribution >= 4 is 17.5 Å². The Bertz CT molecular complexity index is 357. The predicted molar refractivity (Wildman–Crippen MR) is 55.8 cm³/mol. The van der Waals surface area contributed by atoms with Crippen molar-refractivity contribution in [2.45, 2.75) is 13.3 Å². The number of amides is 1. The van der Waals surface area contributed by atoms with Crippen LogP contribution in [-0.2, 0) is 0 Å². The van der Waals surface area contributed by atoms with Crippen LogP contribution in [-0.4, -0.2) is 34.1 Å². The van der Waals surface area contributed by atoms with Crippen molar-refractivity contribution < 1.29 is 9.90 Å². The molecule has 0 atom stereocenters. The van der Waals surface area contributed by atoms with E-state index in [1.54, 1.807) is 6.92 Å². The van der Waals surface area contributed by atoms with Crippen molar-refractivity contribution in [1.82, 2.24) is 15.3 Å². The first-order valence-corrected chi connectivity index (χ1v) is 4.91. The number of hydrogen-bond acceptors (Lipinski definition) is 4. The number of nitrogens with one attached hydrogen (secondary N) is 1. The summed E-state index contributed by atoms with van der Waals surface area (Å²) >= 11 is 5.77. The van der Waals surface area contributed by atoms with E-state index in [1.807, 2.05) is 0 Å². The number of carbonyl (C=O) groups is 1. The molecule has 1 aromatic heterocycles. The summed E-state index contributed by atoms with van der Waals surface area (Å²) in [6.07, 6.45) is 1.90. The monoisotopic (exact) mass is 229 g/mol. The zero-order valence-corrected chi connectivity index (χ0v) is 9.08. The van der Waals surface area contributed by atoms with E-state index in [4.69, 9.17) is 16.7 Å². The van der Waals surface area contributed by atoms with Gasteiger partial charge in [0, 0.05) is 13.2 Å². The van der Waals surface area contributed by atoms with Gasteiger partial charge in [0.2, 0.25) is 0 Å². The topological polar surface area (TPSA) is 75.1 Å². The second-order valence-corrected chi connectivity index (χ2v) is 3.35. The highest BCUT2D eigenvalue weighted by atomic mass is 35.5. The zero-order valence-electron chi connectivity index (χ0n) is 8.33. The number of nitrogens with zero attached hydrogens (tertiary/aromatic N) is 2. The van der Waals surface area contributed by atoms with Gasteiger partial charge in [-0.1, -0.05) is 11.6 Å². The van der Waals surface area contributed by atoms with E-state index in [-0.39, 0.29) is 23.2 Å². The summed E-state index contributed by atoms with van der Waals surface area (Å²) in [4.78, 5) is 19.3. The number of aliphatic hydroxyl groups is 1. The quantitative estimate of drug-likeness (QED) is 0.740. The molecule has 0 bridgehead atoms. The van der Waals surface area contributed by atoms with Gasteiger partial charge in [0.1, 0.15) is 11.5 Å². The lowest BCUT2D eigenvalue weighted by molar-refractivity contribution is 0.0946. The van der Waals surface area contributed by atoms with Crippen LogP contribution >= 0.6 is 11.6 Å². The summed E-state index contributed by atoms with van der Waals surface area (Å²) in [5.74, 6) is 0.144. The van der Waals surface area contributed by atoms with Crippen molar-refractivity contribution in [2.24, 2.45) is 0 Å². The van der Waals surface area contributed by atoms with Crippen molar-refractivity contribution in [2.75, 3.05) is 13.2 Å². The van der Waals surface area contributed by atoms with Gasteiger partial charge in [0.25, 0.3) is 5.91 Å². The summed E-state index contributed by atoms with van der Waals surface area (Å²) < 4.78 is 0. The van der Waals surface area contributed by atoms with Crippen LogP contribution < -0.4 is 5.32 Å². The second kappa shape index (κ2) is 5.63. The standard InChI is InChI=1S/C9H12ClN3O2/c1-6-12-5-7(10)8(13-6)9(15)11-3-2-4-14/h5,14H,2-4H2,1H3,(H,11,15). The van der Waals surface area contributed by atoms with E-state index >= 15 is 0 Å². The molecule has 82 valence electrons. The molecule has 1 amide bonds. The van der Waals surface area contributed by atoms with Crippen LogP contribution in [0.15, 0.2) is 6.20 Å². The van der Waals surface area contributed by atoms with Crippen LogP contribution in [0.2, 0.25) is 5.02 Å². The third-order valence-electron chi connectivity index (χ3n) is 1.70. The number of rotatable bonds is 4. The molecule has 1 rings (SSSR count). The maximum absolute atomic E-state index is 11.5. The Morgan fingerprint density at radius 3 is 3.07 bits per heavy atom. The Morgan fingerprint density at radius 1 is 1.67 bits per heavy atom. The highest BCUT2D eigenvalue weighted by molar-refractivity contribution is 6.33. The number of carbonyl (C=O) groups excluding carboxylic acids is 1. The van der Waals surface area contributed by atoms with Gasteiger partial charge in [-0.3, -0.25) is 4.79 Å². The normalized spacial score (nSPS) is 10.1. The largest absolute Gasteiger partial charge is 0.396 e. The van der Waals surface area contributed by atoms with Crippen LogP contribution in [0, 0.1) is 6.92 Å². The van der Waals surface area contributed by atoms with Crippen LogP contribution in [0.25, 0.3) is 0 Å². The molecular weight excluding hydrogens is 218 g/mol. The minimum absolute atomic E-state index is 0.0385. The Morgan fingerprint density at radius 2 is 2.40 bits per heavy atom. The average molecular weight is 230 g/mol. The number of hydrogen-bond donors (Lipinski definition) is 2. The Hall–Kier alpha value is -1.20. The molecule has 0 fully saturated rings. The maximum Gasteiger partial charge on any atom is 0.271 e. The molecule has 0 spiro atoms. The van der Waals surface area contributed by atoms with E-state index < -0.39 is 0 Å². The third kappa shape index (κ3) is 3.45. The molecule has 1 heterocycles. The first-order valence-electron chi connectivity index (χ1n) is 4.53. The lowest BCUT2D eigenvalue weighted by Gasteiger charge is -2.05. The number of halogens is 1. The minimum Gasteiger partial charge on any atom is -0.396 e. The van der Waals surface area contributed by atoms with Crippen LogP contribution in [0.1, 0.15) is 22.7 Å². The van der Waals surface area contributed by atoms with Crippen molar-refractivity contribution in [3.63, 3.8) is 0 Å². The molecule has 0 aliphatic carbocycles. The van der Waals surface area contributed by atoms with Crippen molar-refractivity contribution in [3.8, 4) is 0 Å². The predicted octanol–water partition coefficient (Wildman–Crippen LogP) is 0.551. The summed E-state index contributed by atoms with van der Waals surface area (Å²) in [6, 6.07) is 0. The summed E-state index contributed by atoms with van der Waals surface area (Å²) in [5.41, 5.74) is 0.169. The lowest BCUT2D eigenvalue weighted by Crippen LogP contribution is -2.26. The molecule has 2 N–H and O–H groups in total. The molecule has 0 aromatic carbocycles. The smallest absolute Gasteiger partial charge is 0.271 e. The van der Waals surface area contributed by atoms with Crippen LogP contribution in [0.5, 0.6) is 0 Å². The minimum atomic E-state index is -0.348. The Kier molecular flexibility index (Phi) is 4.45. The molecule has 0 aliphatic rings. The van der Waals surface area contributed by atoms with E-state index in [2.05, 4.69) is 15.3 Å². The van der Waals surface area contributed by atoms with Crippen molar-refractivity contribution in [3.05, 3.63) is 22.7 Å². The first kappa shape index (κ1) is 11.9. The molecule has 0 saturated heterocycles. The van der Waals surface area contributed by atoms with Gasteiger partial charge in [0.15, 0.2) is 0 Å². The Balaban J connectivity index is 2.68. The molecule has 0 aliphatic heterocycles. The van der Waals surface area contributed by atoms with Crippen molar-refractivity contribution in [1.29, 1.82) is 0 Å². The summed E-state index contributed by atoms with van der Waals surface area (Å²) in [7, 11) is 0. The molecule has 1 aromatic rings. The molecule has 0 saturated carbocycles. The summed E-state index contributed by atoms with van der Waals surface area (Å²) in [5, 5.41) is 11.4. The van der Waals surface area contributed by atoms with Gasteiger partial charge >= 0.3 is 0 Å². The molecule has 0 unspecified atom stereocenters. The Labute approximate surface area is 92.5 Å². The van der Waals surface area contributed by atoms with E-state index in [9.17, 15) is 4.79 Å². The van der Waals surface area contributed by atoms with E-state index in [0.29, 0.717) is 18.8 Å². The third-order valence-corrected chi connectivity index (χ3v) is 1.98. The number of aliphatic hydroxyl groups excluding tert-OH is 1. The van der Waals surface area contributed by atoms with Gasteiger partial charge in [-0.25, -0.2) is 9.97 Å². The van der Waals surface area contributed by atoms with Gasteiger partial charge in [-0.05, 0) is 13.3 Å². The molecule has 5 nitrogen and oxygen atoms in total. The van der Waals surface area contributed by atoms with E-state index in [0.717, 1.165) is 0 Å². The molecule has 6 heteroatoms. The zero-order chi connectivity index (χ0) is 11.3. The fraction of sp³-hybridized carbons (Fsp3) is 0.444. The molecule has 0 radical (unpaired) electrons. The summed E-state index contributed by atoms with van der Waals surface area (Å²) in [6.45, 7) is 2.12. The SMILES string of the molecule is Cc1ncc(Cl)c(C(=O)NCCCO)n1. The van der Waals surface area contributed by atoms with Gasteiger partial charge in [0.05, 0.1) is 11.2 Å². The fourth-order valence-corrected chi connectivity index (χ4v) is 1.16. The van der Waals surface area contributed by atoms with E-state index in [1.165, 1.54) is 6.20 Å². The van der Waals surface area contributed by atoms with Crippen LogP contribution in [0.3, 0.4) is 0 Å².